The van der Waals surface area contributed by atoms with Crippen molar-refractivity contribution in [2.45, 2.75) is 38.0 Å². The van der Waals surface area contributed by atoms with Crippen molar-refractivity contribution in [3.05, 3.63) is 112 Å². The minimum absolute atomic E-state index is 0.00607. The molecule has 2 unspecified atom stereocenters. The molecule has 1 aliphatic heterocycles. The van der Waals surface area contributed by atoms with Crippen molar-refractivity contribution in [1.29, 1.82) is 0 Å². The molecule has 3 aromatic carbocycles. The van der Waals surface area contributed by atoms with Crippen molar-refractivity contribution in [2.75, 3.05) is 27.9 Å². The van der Waals surface area contributed by atoms with Crippen LogP contribution in [0.2, 0.25) is 0 Å². The van der Waals surface area contributed by atoms with E-state index in [0.717, 1.165) is 16.8 Å². The van der Waals surface area contributed by atoms with E-state index in [0.29, 0.717) is 58.9 Å². The highest BCUT2D eigenvalue weighted by molar-refractivity contribution is 6.04. The summed E-state index contributed by atoms with van der Waals surface area (Å²) in [6, 6.07) is 23.6. The molecule has 2 atom stereocenters. The summed E-state index contributed by atoms with van der Waals surface area (Å²) < 4.78 is 22.6. The minimum Gasteiger partial charge on any atom is -0.493 e. The Bertz CT molecular complexity index is 1470. The Morgan fingerprint density at radius 3 is 2.10 bits per heavy atom. The monoisotopic (exact) mass is 553 g/mol. The molecule has 0 amide bonds. The van der Waals surface area contributed by atoms with Crippen molar-refractivity contribution < 1.29 is 28.5 Å². The molecule has 0 radical (unpaired) electrons. The lowest BCUT2D eigenvalue weighted by atomic mass is 9.71. The standard InChI is InChI=1S/C34H35NO6/c1-21-30(34(37)41-16-15-22-11-7-5-8-12-22)31(25-19-28(38-2)33(40-4)29(20-25)39-3)32-26(35-21)17-24(18-27(32)36)23-13-9-6-10-14-23/h5-14,19-20,24,31,35H,15-18H2,1-4H3. The number of carbonyl (C=O) groups excluding carboxylic acids is 2. The van der Waals surface area contributed by atoms with E-state index in [1.54, 1.807) is 21.3 Å². The molecular weight excluding hydrogens is 518 g/mol. The number of carbonyl (C=O) groups is 2. The van der Waals surface area contributed by atoms with Crippen molar-refractivity contribution in [3.8, 4) is 17.2 Å². The van der Waals surface area contributed by atoms with Gasteiger partial charge in [-0.2, -0.15) is 0 Å². The number of nitrogens with one attached hydrogen (secondary N) is 1. The summed E-state index contributed by atoms with van der Waals surface area (Å²) in [4.78, 5) is 27.7. The number of ketones is 1. The van der Waals surface area contributed by atoms with Crippen LogP contribution in [0.1, 0.15) is 48.3 Å². The van der Waals surface area contributed by atoms with Crippen molar-refractivity contribution in [1.82, 2.24) is 5.32 Å². The Morgan fingerprint density at radius 1 is 0.854 bits per heavy atom. The molecule has 212 valence electrons. The summed E-state index contributed by atoms with van der Waals surface area (Å²) in [7, 11) is 4.63. The second-order valence-corrected chi connectivity index (χ2v) is 10.3. The van der Waals surface area contributed by atoms with Crippen LogP contribution in [-0.4, -0.2) is 39.7 Å². The molecule has 0 spiro atoms. The van der Waals surface area contributed by atoms with Gasteiger partial charge in [0.05, 0.1) is 33.5 Å². The SMILES string of the molecule is COc1cc(C2C(C(=O)OCCc3ccccc3)=C(C)NC3=C2C(=O)CC(c2ccccc2)C3)cc(OC)c1OC. The summed E-state index contributed by atoms with van der Waals surface area (Å²) in [5, 5.41) is 3.42. The molecule has 0 fully saturated rings. The van der Waals surface area contributed by atoms with Crippen LogP contribution in [0.4, 0.5) is 0 Å². The van der Waals surface area contributed by atoms with E-state index in [2.05, 4.69) is 17.4 Å². The third-order valence-corrected chi connectivity index (χ3v) is 7.81. The molecule has 1 heterocycles. The zero-order chi connectivity index (χ0) is 28.9. The van der Waals surface area contributed by atoms with Gasteiger partial charge in [0.25, 0.3) is 0 Å². The maximum absolute atomic E-state index is 13.9. The third-order valence-electron chi connectivity index (χ3n) is 7.81. The molecule has 7 nitrogen and oxygen atoms in total. The van der Waals surface area contributed by atoms with E-state index in [-0.39, 0.29) is 18.3 Å². The lowest BCUT2D eigenvalue weighted by Crippen LogP contribution is -2.36. The normalized spacial score (nSPS) is 18.4. The predicted molar refractivity (Wildman–Crippen MR) is 156 cm³/mol. The van der Waals surface area contributed by atoms with Gasteiger partial charge in [-0.05, 0) is 48.1 Å². The zero-order valence-corrected chi connectivity index (χ0v) is 23.9. The van der Waals surface area contributed by atoms with E-state index >= 15 is 0 Å². The Balaban J connectivity index is 1.55. The lowest BCUT2D eigenvalue weighted by Gasteiger charge is -2.37. The van der Waals surface area contributed by atoms with Crippen molar-refractivity contribution >= 4 is 11.8 Å². The van der Waals surface area contributed by atoms with E-state index in [1.807, 2.05) is 67.6 Å². The predicted octanol–water partition coefficient (Wildman–Crippen LogP) is 5.86. The van der Waals surface area contributed by atoms with Crippen LogP contribution in [0, 0.1) is 0 Å². The van der Waals surface area contributed by atoms with E-state index in [1.165, 1.54) is 0 Å². The highest BCUT2D eigenvalue weighted by Gasteiger charge is 2.42. The van der Waals surface area contributed by atoms with Crippen LogP contribution >= 0.6 is 0 Å². The summed E-state index contributed by atoms with van der Waals surface area (Å²) >= 11 is 0. The van der Waals surface area contributed by atoms with Gasteiger partial charge < -0.3 is 24.3 Å². The minimum atomic E-state index is -0.659. The summed E-state index contributed by atoms with van der Waals surface area (Å²) in [6.45, 7) is 2.08. The fraction of sp³-hybridized carbons (Fsp3) is 0.294. The molecule has 1 aliphatic carbocycles. The van der Waals surface area contributed by atoms with Crippen LogP contribution in [0.3, 0.4) is 0 Å². The number of Topliss-reactive ketones (excluding diaryl/α,β-unsaturated/α-hetero) is 1. The molecule has 7 heteroatoms. The molecule has 2 aliphatic rings. The first-order chi connectivity index (χ1) is 19.9. The van der Waals surface area contributed by atoms with Gasteiger partial charge >= 0.3 is 5.97 Å². The molecule has 3 aromatic rings. The molecular formula is C34H35NO6. The van der Waals surface area contributed by atoms with Gasteiger partial charge in [0, 0.05) is 35.7 Å². The average Bonchev–Trinajstić information content (AvgIpc) is 3.00. The highest BCUT2D eigenvalue weighted by atomic mass is 16.5. The first-order valence-corrected chi connectivity index (χ1v) is 13.7. The van der Waals surface area contributed by atoms with Crippen LogP contribution in [-0.2, 0) is 20.7 Å². The Kier molecular flexibility index (Phi) is 8.43. The molecule has 0 bridgehead atoms. The number of ether oxygens (including phenoxy) is 4. The zero-order valence-electron chi connectivity index (χ0n) is 23.9. The molecule has 1 N–H and O–H groups in total. The number of hydrogen-bond donors (Lipinski definition) is 1. The largest absolute Gasteiger partial charge is 0.493 e. The Labute approximate surface area is 240 Å². The van der Waals surface area contributed by atoms with Gasteiger partial charge in [0.15, 0.2) is 17.3 Å². The number of esters is 1. The summed E-state index contributed by atoms with van der Waals surface area (Å²) in [6.07, 6.45) is 1.59. The van der Waals surface area contributed by atoms with Gasteiger partial charge in [-0.15, -0.1) is 0 Å². The fourth-order valence-corrected chi connectivity index (χ4v) is 5.86. The van der Waals surface area contributed by atoms with E-state index in [9.17, 15) is 9.59 Å². The number of hydrogen-bond acceptors (Lipinski definition) is 7. The highest BCUT2D eigenvalue weighted by Crippen LogP contribution is 2.49. The smallest absolute Gasteiger partial charge is 0.336 e. The second kappa shape index (κ2) is 12.3. The molecule has 0 saturated carbocycles. The fourth-order valence-electron chi connectivity index (χ4n) is 5.86. The van der Waals surface area contributed by atoms with Crippen molar-refractivity contribution in [2.24, 2.45) is 0 Å². The van der Waals surface area contributed by atoms with Gasteiger partial charge in [-0.1, -0.05) is 60.7 Å². The number of methoxy groups -OCH3 is 3. The maximum atomic E-state index is 13.9. The van der Waals surface area contributed by atoms with E-state index < -0.39 is 11.9 Å². The second-order valence-electron chi connectivity index (χ2n) is 10.3. The van der Waals surface area contributed by atoms with Crippen LogP contribution in [0.15, 0.2) is 95.3 Å². The van der Waals surface area contributed by atoms with Crippen LogP contribution in [0.5, 0.6) is 17.2 Å². The van der Waals surface area contributed by atoms with E-state index in [4.69, 9.17) is 18.9 Å². The number of allylic oxidation sites excluding steroid dienone is 3. The third kappa shape index (κ3) is 5.71. The number of rotatable bonds is 9. The van der Waals surface area contributed by atoms with Crippen LogP contribution < -0.4 is 19.5 Å². The van der Waals surface area contributed by atoms with Gasteiger partial charge in [-0.25, -0.2) is 4.79 Å². The van der Waals surface area contributed by atoms with Gasteiger partial charge in [-0.3, -0.25) is 4.79 Å². The van der Waals surface area contributed by atoms with Gasteiger partial charge in [0.1, 0.15) is 0 Å². The number of benzene rings is 3. The molecule has 5 rings (SSSR count). The molecule has 41 heavy (non-hydrogen) atoms. The Morgan fingerprint density at radius 2 is 1.49 bits per heavy atom. The summed E-state index contributed by atoms with van der Waals surface area (Å²) in [5.74, 6) is 0.247. The maximum Gasteiger partial charge on any atom is 0.336 e. The summed E-state index contributed by atoms with van der Waals surface area (Å²) in [5.41, 5.74) is 5.35. The first kappa shape index (κ1) is 28.0. The first-order valence-electron chi connectivity index (χ1n) is 13.7. The topological polar surface area (TPSA) is 83.1 Å². The quantitative estimate of drug-likeness (QED) is 0.332. The van der Waals surface area contributed by atoms with Gasteiger partial charge in [0.2, 0.25) is 5.75 Å². The van der Waals surface area contributed by atoms with Crippen LogP contribution in [0.25, 0.3) is 0 Å². The Hall–Kier alpha value is -4.52. The average molecular weight is 554 g/mol. The number of dihydropyridines is 1. The van der Waals surface area contributed by atoms with Crippen molar-refractivity contribution in [3.63, 3.8) is 0 Å². The lowest BCUT2D eigenvalue weighted by molar-refractivity contribution is -0.139. The molecule has 0 aromatic heterocycles. The molecule has 0 saturated heterocycles.